The van der Waals surface area contributed by atoms with Crippen LogP contribution < -0.4 is 5.32 Å². The first kappa shape index (κ1) is 29.1. The number of carboxylic acids is 2. The molecule has 1 unspecified atom stereocenters. The lowest BCUT2D eigenvalue weighted by molar-refractivity contribution is -0.193. The first-order valence-electron chi connectivity index (χ1n) is 9.71. The van der Waals surface area contributed by atoms with Crippen LogP contribution in [0, 0.1) is 0 Å². The van der Waals surface area contributed by atoms with Crippen molar-refractivity contribution in [2.75, 3.05) is 19.7 Å². The number of alkyl halides is 6. The number of hydrogen-bond donors (Lipinski definition) is 3. The van der Waals surface area contributed by atoms with Crippen LogP contribution in [0.2, 0.25) is 0 Å². The van der Waals surface area contributed by atoms with Crippen molar-refractivity contribution in [2.24, 2.45) is 0 Å². The van der Waals surface area contributed by atoms with Gasteiger partial charge in [-0.05, 0) is 31.4 Å². The number of amides is 1. The number of halogens is 6. The molecule has 0 aliphatic carbocycles. The van der Waals surface area contributed by atoms with Gasteiger partial charge in [0.15, 0.2) is 0 Å². The Morgan fingerprint density at radius 2 is 1.65 bits per heavy atom. The number of rotatable bonds is 2. The molecule has 0 saturated carbocycles. The van der Waals surface area contributed by atoms with Crippen molar-refractivity contribution < 1.29 is 55.7 Å². The minimum atomic E-state index is -5.08. The molecule has 1 aromatic heterocycles. The van der Waals surface area contributed by atoms with Gasteiger partial charge in [0.25, 0.3) is 0 Å². The van der Waals surface area contributed by atoms with Crippen LogP contribution in [0.1, 0.15) is 25.3 Å². The largest absolute Gasteiger partial charge is 0.490 e. The molecule has 1 spiro atoms. The molecule has 2 fully saturated rings. The fourth-order valence-electron chi connectivity index (χ4n) is 3.17. The number of nitrogens with one attached hydrogen (secondary N) is 1. The Morgan fingerprint density at radius 1 is 1.15 bits per heavy atom. The van der Waals surface area contributed by atoms with E-state index < -0.39 is 24.3 Å². The molecule has 2 aliphatic rings. The molecule has 0 aromatic carbocycles. The summed E-state index contributed by atoms with van der Waals surface area (Å²) in [6, 6.07) is 4.18. The monoisotopic (exact) mass is 503 g/mol. The van der Waals surface area contributed by atoms with Crippen molar-refractivity contribution in [1.82, 2.24) is 15.2 Å². The zero-order valence-electron chi connectivity index (χ0n) is 17.8. The molecule has 0 bridgehead atoms. The molecule has 1 atom stereocenters. The molecule has 1 amide bonds. The summed E-state index contributed by atoms with van der Waals surface area (Å²) in [4.78, 5) is 35.7. The van der Waals surface area contributed by atoms with E-state index in [9.17, 15) is 31.1 Å². The highest BCUT2D eigenvalue weighted by molar-refractivity contribution is 5.78. The van der Waals surface area contributed by atoms with Gasteiger partial charge < -0.3 is 20.3 Å². The van der Waals surface area contributed by atoms with Crippen LogP contribution in [0.5, 0.6) is 0 Å². The van der Waals surface area contributed by atoms with E-state index in [1.54, 1.807) is 6.20 Å². The van der Waals surface area contributed by atoms with Gasteiger partial charge in [-0.1, -0.05) is 6.07 Å². The molecule has 3 heterocycles. The zero-order chi connectivity index (χ0) is 26.2. The number of carboxylic acid groups (broad SMARTS) is 2. The number of likely N-dealkylation sites (tertiary alicyclic amines) is 1. The molecule has 34 heavy (non-hydrogen) atoms. The van der Waals surface area contributed by atoms with Crippen LogP contribution in [0.3, 0.4) is 0 Å². The molecule has 2 aliphatic heterocycles. The molecule has 1 aromatic rings. The molecule has 15 heteroatoms. The predicted molar refractivity (Wildman–Crippen MR) is 102 cm³/mol. The van der Waals surface area contributed by atoms with Crippen LogP contribution in [0.25, 0.3) is 0 Å². The maximum Gasteiger partial charge on any atom is 0.490 e. The quantitative estimate of drug-likeness (QED) is 0.524. The zero-order valence-corrected chi connectivity index (χ0v) is 17.8. The second-order valence-corrected chi connectivity index (χ2v) is 7.39. The van der Waals surface area contributed by atoms with Gasteiger partial charge in [-0.15, -0.1) is 0 Å². The van der Waals surface area contributed by atoms with E-state index in [1.807, 2.05) is 19.2 Å². The fourth-order valence-corrected chi connectivity index (χ4v) is 3.17. The number of carbonyl (C=O) groups is 3. The summed E-state index contributed by atoms with van der Waals surface area (Å²) in [5.41, 5.74) is 1.08. The Labute approximate surface area is 189 Å². The highest BCUT2D eigenvalue weighted by Gasteiger charge is 2.44. The van der Waals surface area contributed by atoms with Crippen LogP contribution in [0.15, 0.2) is 24.5 Å². The summed E-state index contributed by atoms with van der Waals surface area (Å²) in [5.74, 6) is -5.51. The fraction of sp³-hybridized carbons (Fsp3) is 0.579. The standard InChI is InChI=1S/C15H21N3O2.2C2HF3O2/c1-12-15(20-11-14(19)17-12)4-7-18(8-5-15)10-13-3-2-6-16-9-13;2*3-2(4,5)1(6)7/h2-3,6,9,12H,4-5,7-8,10-11H2,1H3,(H,17,19);2*(H,6,7). The first-order chi connectivity index (χ1) is 15.6. The number of aliphatic carboxylic acids is 2. The number of aromatic nitrogens is 1. The van der Waals surface area contributed by atoms with E-state index in [4.69, 9.17) is 24.5 Å². The highest BCUT2D eigenvalue weighted by Crippen LogP contribution is 2.32. The molecule has 3 rings (SSSR count). The Balaban J connectivity index is 0.000000343. The third kappa shape index (κ3) is 9.51. The molecule has 192 valence electrons. The van der Waals surface area contributed by atoms with Gasteiger partial charge in [0.05, 0.1) is 11.6 Å². The summed E-state index contributed by atoms with van der Waals surface area (Å²) >= 11 is 0. The summed E-state index contributed by atoms with van der Waals surface area (Å²) < 4.78 is 69.4. The SMILES string of the molecule is CC1NC(=O)COC12CCN(Cc1cccnc1)CC2.O=C(O)C(F)(F)F.O=C(O)C(F)(F)F. The molecule has 9 nitrogen and oxygen atoms in total. The van der Waals surface area contributed by atoms with Crippen molar-refractivity contribution in [1.29, 1.82) is 0 Å². The molecule has 2 saturated heterocycles. The molecule has 0 radical (unpaired) electrons. The normalized spacial score (nSPS) is 20.2. The van der Waals surface area contributed by atoms with E-state index in [-0.39, 0.29) is 24.2 Å². The molecule has 3 N–H and O–H groups in total. The average Bonchev–Trinajstić information content (AvgIpc) is 2.73. The van der Waals surface area contributed by atoms with Gasteiger partial charge in [0.2, 0.25) is 5.91 Å². The van der Waals surface area contributed by atoms with Crippen molar-refractivity contribution in [3.63, 3.8) is 0 Å². The Hall–Kier alpha value is -2.94. The van der Waals surface area contributed by atoms with Crippen molar-refractivity contribution >= 4 is 17.8 Å². The van der Waals surface area contributed by atoms with E-state index in [0.717, 1.165) is 32.5 Å². The van der Waals surface area contributed by atoms with Gasteiger partial charge in [0, 0.05) is 32.0 Å². The summed E-state index contributed by atoms with van der Waals surface area (Å²) in [6.07, 6.45) is -4.51. The number of carbonyl (C=O) groups excluding carboxylic acids is 1. The van der Waals surface area contributed by atoms with Crippen LogP contribution in [0.4, 0.5) is 26.3 Å². The van der Waals surface area contributed by atoms with Crippen molar-refractivity contribution in [3.8, 4) is 0 Å². The third-order valence-electron chi connectivity index (χ3n) is 4.97. The van der Waals surface area contributed by atoms with Gasteiger partial charge in [-0.25, -0.2) is 9.59 Å². The highest BCUT2D eigenvalue weighted by atomic mass is 19.4. The Morgan fingerprint density at radius 3 is 2.03 bits per heavy atom. The van der Waals surface area contributed by atoms with E-state index in [1.165, 1.54) is 5.56 Å². The number of nitrogens with zero attached hydrogens (tertiary/aromatic N) is 2. The predicted octanol–water partition coefficient (Wildman–Crippen LogP) is 2.22. The number of morpholine rings is 1. The summed E-state index contributed by atoms with van der Waals surface area (Å²) in [6.45, 7) is 5.18. The first-order valence-corrected chi connectivity index (χ1v) is 9.71. The number of ether oxygens (including phenoxy) is 1. The van der Waals surface area contributed by atoms with Crippen molar-refractivity contribution in [2.45, 2.75) is 50.3 Å². The van der Waals surface area contributed by atoms with Crippen LogP contribution in [-0.4, -0.2) is 81.6 Å². The van der Waals surface area contributed by atoms with Gasteiger partial charge >= 0.3 is 24.3 Å². The number of piperidine rings is 1. The smallest absolute Gasteiger partial charge is 0.475 e. The second-order valence-electron chi connectivity index (χ2n) is 7.39. The summed E-state index contributed by atoms with van der Waals surface area (Å²) in [5, 5.41) is 17.3. The van der Waals surface area contributed by atoms with E-state index in [0.29, 0.717) is 0 Å². The third-order valence-corrected chi connectivity index (χ3v) is 4.97. The lowest BCUT2D eigenvalue weighted by Crippen LogP contribution is -2.62. The number of pyridine rings is 1. The van der Waals surface area contributed by atoms with Gasteiger partial charge in [-0.2, -0.15) is 26.3 Å². The number of hydrogen-bond acceptors (Lipinski definition) is 6. The maximum absolute atomic E-state index is 11.4. The minimum absolute atomic E-state index is 0.000847. The van der Waals surface area contributed by atoms with E-state index in [2.05, 4.69) is 21.3 Å². The Kier molecular flexibility index (Phi) is 10.2. The lowest BCUT2D eigenvalue weighted by atomic mass is 9.83. The average molecular weight is 503 g/mol. The topological polar surface area (TPSA) is 129 Å². The maximum atomic E-state index is 11.4. The van der Waals surface area contributed by atoms with E-state index >= 15 is 0 Å². The Bertz CT molecular complexity index is 802. The van der Waals surface area contributed by atoms with Crippen molar-refractivity contribution in [3.05, 3.63) is 30.1 Å². The van der Waals surface area contributed by atoms with Crippen LogP contribution in [-0.2, 0) is 25.7 Å². The summed E-state index contributed by atoms with van der Waals surface area (Å²) in [7, 11) is 0. The minimum Gasteiger partial charge on any atom is -0.475 e. The van der Waals surface area contributed by atoms with Gasteiger partial charge in [0.1, 0.15) is 6.61 Å². The molecular formula is C19H23F6N3O6. The van der Waals surface area contributed by atoms with Crippen LogP contribution >= 0.6 is 0 Å². The second kappa shape index (κ2) is 12.0. The molecular weight excluding hydrogens is 480 g/mol. The van der Waals surface area contributed by atoms with Gasteiger partial charge in [-0.3, -0.25) is 14.7 Å². The lowest BCUT2D eigenvalue weighted by Gasteiger charge is -2.47.